The van der Waals surface area contributed by atoms with Crippen molar-refractivity contribution in [1.29, 1.82) is 0 Å². The van der Waals surface area contributed by atoms with Gasteiger partial charge in [-0.05, 0) is 36.1 Å². The number of amides is 1. The van der Waals surface area contributed by atoms with Crippen LogP contribution in [0.5, 0.6) is 0 Å². The SMILES string of the molecule is Cc1cc[nH]c(=O)c1C(=O)NCC(O)CN1CCc2ccccc2C1. The van der Waals surface area contributed by atoms with E-state index in [0.29, 0.717) is 12.1 Å². The molecule has 6 nitrogen and oxygen atoms in total. The lowest BCUT2D eigenvalue weighted by molar-refractivity contribution is 0.0840. The van der Waals surface area contributed by atoms with Gasteiger partial charge in [-0.15, -0.1) is 0 Å². The molecule has 1 aromatic heterocycles. The van der Waals surface area contributed by atoms with Crippen molar-refractivity contribution < 1.29 is 9.90 Å². The van der Waals surface area contributed by atoms with E-state index in [2.05, 4.69) is 27.3 Å². The molecule has 1 aliphatic heterocycles. The summed E-state index contributed by atoms with van der Waals surface area (Å²) in [5.74, 6) is -0.456. The number of rotatable bonds is 5. The Bertz CT molecular complexity index is 816. The third-order valence-corrected chi connectivity index (χ3v) is 4.57. The molecule has 3 N–H and O–H groups in total. The van der Waals surface area contributed by atoms with Crippen LogP contribution in [0.2, 0.25) is 0 Å². The molecule has 132 valence electrons. The van der Waals surface area contributed by atoms with Crippen molar-refractivity contribution in [1.82, 2.24) is 15.2 Å². The Labute approximate surface area is 146 Å². The first-order chi connectivity index (χ1) is 12.0. The third kappa shape index (κ3) is 4.15. The number of hydrogen-bond donors (Lipinski definition) is 3. The summed E-state index contributed by atoms with van der Waals surface area (Å²) >= 11 is 0. The largest absolute Gasteiger partial charge is 0.390 e. The number of aliphatic hydroxyl groups is 1. The molecule has 6 heteroatoms. The Balaban J connectivity index is 1.53. The van der Waals surface area contributed by atoms with E-state index in [1.807, 2.05) is 12.1 Å². The average molecular weight is 341 g/mol. The van der Waals surface area contributed by atoms with Gasteiger partial charge in [-0.2, -0.15) is 0 Å². The number of carbonyl (C=O) groups excluding carboxylic acids is 1. The number of aryl methyl sites for hydroxylation is 1. The molecular formula is C19H23N3O3. The third-order valence-electron chi connectivity index (χ3n) is 4.57. The van der Waals surface area contributed by atoms with Gasteiger partial charge in [0.1, 0.15) is 5.56 Å². The van der Waals surface area contributed by atoms with Gasteiger partial charge in [-0.3, -0.25) is 14.5 Å². The molecule has 3 rings (SSSR count). The molecule has 0 fully saturated rings. The number of nitrogens with zero attached hydrogens (tertiary/aromatic N) is 1. The Kier molecular flexibility index (Phi) is 5.31. The second-order valence-corrected chi connectivity index (χ2v) is 6.48. The summed E-state index contributed by atoms with van der Waals surface area (Å²) in [4.78, 5) is 28.6. The maximum Gasteiger partial charge on any atom is 0.261 e. The zero-order valence-electron chi connectivity index (χ0n) is 14.3. The van der Waals surface area contributed by atoms with Crippen LogP contribution in [-0.4, -0.2) is 46.6 Å². The normalized spacial score (nSPS) is 15.4. The van der Waals surface area contributed by atoms with Crippen LogP contribution in [-0.2, 0) is 13.0 Å². The number of aromatic amines is 1. The second kappa shape index (κ2) is 7.63. The summed E-state index contributed by atoms with van der Waals surface area (Å²) in [6.45, 7) is 4.01. The van der Waals surface area contributed by atoms with Gasteiger partial charge in [0.25, 0.3) is 11.5 Å². The van der Waals surface area contributed by atoms with Gasteiger partial charge in [0, 0.05) is 32.4 Å². The van der Waals surface area contributed by atoms with Gasteiger partial charge in [0.05, 0.1) is 6.10 Å². The maximum absolute atomic E-state index is 12.2. The highest BCUT2D eigenvalue weighted by molar-refractivity contribution is 5.95. The standard InChI is InChI=1S/C19H23N3O3/c1-13-6-8-20-18(24)17(13)19(25)21-10-16(23)12-22-9-7-14-4-2-3-5-15(14)11-22/h2-6,8,16,23H,7,9-12H2,1H3,(H,20,24)(H,21,25). The molecule has 0 bridgehead atoms. The number of pyridine rings is 1. The number of hydrogen-bond acceptors (Lipinski definition) is 4. The molecule has 2 aromatic rings. The highest BCUT2D eigenvalue weighted by Crippen LogP contribution is 2.18. The second-order valence-electron chi connectivity index (χ2n) is 6.48. The lowest BCUT2D eigenvalue weighted by Crippen LogP contribution is -2.42. The molecule has 2 heterocycles. The zero-order valence-corrected chi connectivity index (χ0v) is 14.3. The molecule has 1 unspecified atom stereocenters. The molecule has 0 radical (unpaired) electrons. The van der Waals surface area contributed by atoms with E-state index >= 15 is 0 Å². The van der Waals surface area contributed by atoms with Crippen molar-refractivity contribution >= 4 is 5.91 Å². The zero-order chi connectivity index (χ0) is 17.8. The van der Waals surface area contributed by atoms with Crippen LogP contribution in [0.4, 0.5) is 0 Å². The van der Waals surface area contributed by atoms with Crippen molar-refractivity contribution in [3.8, 4) is 0 Å². The van der Waals surface area contributed by atoms with Gasteiger partial charge < -0.3 is 15.4 Å². The van der Waals surface area contributed by atoms with Gasteiger partial charge >= 0.3 is 0 Å². The predicted octanol–water partition coefficient (Wildman–Crippen LogP) is 0.832. The molecule has 1 aliphatic rings. The highest BCUT2D eigenvalue weighted by Gasteiger charge is 2.19. The summed E-state index contributed by atoms with van der Waals surface area (Å²) in [5.41, 5.74) is 2.95. The maximum atomic E-state index is 12.2. The van der Waals surface area contributed by atoms with E-state index in [-0.39, 0.29) is 12.1 Å². The average Bonchev–Trinajstić information content (AvgIpc) is 2.60. The van der Waals surface area contributed by atoms with Crippen LogP contribution in [0, 0.1) is 6.92 Å². The fraction of sp³-hybridized carbons (Fsp3) is 0.368. The van der Waals surface area contributed by atoms with Crippen molar-refractivity contribution in [2.75, 3.05) is 19.6 Å². The molecule has 1 atom stereocenters. The van der Waals surface area contributed by atoms with Crippen molar-refractivity contribution in [3.05, 3.63) is 69.1 Å². The number of carbonyl (C=O) groups is 1. The Hall–Kier alpha value is -2.44. The van der Waals surface area contributed by atoms with Crippen LogP contribution in [0.15, 0.2) is 41.3 Å². The number of nitrogens with one attached hydrogen (secondary N) is 2. The topological polar surface area (TPSA) is 85.4 Å². The first-order valence-electron chi connectivity index (χ1n) is 8.48. The monoisotopic (exact) mass is 341 g/mol. The smallest absolute Gasteiger partial charge is 0.261 e. The van der Waals surface area contributed by atoms with Gasteiger partial charge in [0.2, 0.25) is 0 Å². The number of H-pyrrole nitrogens is 1. The fourth-order valence-corrected chi connectivity index (χ4v) is 3.23. The fourth-order valence-electron chi connectivity index (χ4n) is 3.23. The minimum atomic E-state index is -0.683. The van der Waals surface area contributed by atoms with E-state index in [1.54, 1.807) is 13.0 Å². The van der Waals surface area contributed by atoms with Crippen molar-refractivity contribution in [2.24, 2.45) is 0 Å². The summed E-state index contributed by atoms with van der Waals surface area (Å²) in [6.07, 6.45) is 1.79. The molecule has 0 aliphatic carbocycles. The first kappa shape index (κ1) is 17.4. The lowest BCUT2D eigenvalue weighted by Gasteiger charge is -2.30. The van der Waals surface area contributed by atoms with Crippen LogP contribution in [0.25, 0.3) is 0 Å². The van der Waals surface area contributed by atoms with Crippen molar-refractivity contribution in [2.45, 2.75) is 26.0 Å². The quantitative estimate of drug-likeness (QED) is 0.752. The minimum absolute atomic E-state index is 0.0987. The number of aliphatic hydroxyl groups excluding tert-OH is 1. The van der Waals surface area contributed by atoms with Crippen LogP contribution < -0.4 is 10.9 Å². The Morgan fingerprint density at radius 1 is 1.32 bits per heavy atom. The van der Waals surface area contributed by atoms with Gasteiger partial charge in [0.15, 0.2) is 0 Å². The van der Waals surface area contributed by atoms with Crippen LogP contribution in [0.1, 0.15) is 27.0 Å². The molecule has 1 aromatic carbocycles. The molecule has 0 saturated carbocycles. The van der Waals surface area contributed by atoms with E-state index in [9.17, 15) is 14.7 Å². The van der Waals surface area contributed by atoms with Crippen molar-refractivity contribution in [3.63, 3.8) is 0 Å². The summed E-state index contributed by atoms with van der Waals surface area (Å²) in [7, 11) is 0. The summed E-state index contributed by atoms with van der Waals surface area (Å²) in [6, 6.07) is 10.0. The minimum Gasteiger partial charge on any atom is -0.390 e. The number of fused-ring (bicyclic) bond motifs is 1. The molecule has 25 heavy (non-hydrogen) atoms. The Morgan fingerprint density at radius 3 is 2.84 bits per heavy atom. The predicted molar refractivity (Wildman–Crippen MR) is 95.6 cm³/mol. The highest BCUT2D eigenvalue weighted by atomic mass is 16.3. The molecule has 1 amide bonds. The molecule has 0 saturated heterocycles. The van der Waals surface area contributed by atoms with E-state index in [1.165, 1.54) is 17.3 Å². The summed E-state index contributed by atoms with van der Waals surface area (Å²) in [5, 5.41) is 12.9. The van der Waals surface area contributed by atoms with E-state index in [4.69, 9.17) is 0 Å². The number of aromatic nitrogens is 1. The van der Waals surface area contributed by atoms with Gasteiger partial charge in [-0.1, -0.05) is 24.3 Å². The van der Waals surface area contributed by atoms with E-state index in [0.717, 1.165) is 19.5 Å². The van der Waals surface area contributed by atoms with E-state index < -0.39 is 17.6 Å². The first-order valence-corrected chi connectivity index (χ1v) is 8.48. The van der Waals surface area contributed by atoms with Crippen LogP contribution >= 0.6 is 0 Å². The Morgan fingerprint density at radius 2 is 2.08 bits per heavy atom. The molecular weight excluding hydrogens is 318 g/mol. The van der Waals surface area contributed by atoms with Gasteiger partial charge in [-0.25, -0.2) is 0 Å². The summed E-state index contributed by atoms with van der Waals surface area (Å²) < 4.78 is 0. The number of benzene rings is 1. The van der Waals surface area contributed by atoms with Crippen LogP contribution in [0.3, 0.4) is 0 Å². The lowest BCUT2D eigenvalue weighted by atomic mass is 10.00. The molecule has 0 spiro atoms. The number of β-amino-alcohol motifs (C(OH)–C–C–N with tert-alkyl or cyclic N) is 1.